The van der Waals surface area contributed by atoms with Crippen molar-refractivity contribution in [3.05, 3.63) is 56.3 Å². The van der Waals surface area contributed by atoms with E-state index in [4.69, 9.17) is 5.73 Å². The van der Waals surface area contributed by atoms with Crippen LogP contribution in [0, 0.1) is 3.70 Å². The molecule has 7 nitrogen and oxygen atoms in total. The highest BCUT2D eigenvalue weighted by Gasteiger charge is 2.15. The summed E-state index contributed by atoms with van der Waals surface area (Å²) in [6, 6.07) is 9.70. The molecule has 2 N–H and O–H groups in total. The van der Waals surface area contributed by atoms with E-state index in [-0.39, 0.29) is 5.56 Å². The Hall–Kier alpha value is -2.49. The first-order valence-corrected chi connectivity index (χ1v) is 8.34. The van der Waals surface area contributed by atoms with E-state index in [1.54, 1.807) is 16.3 Å². The van der Waals surface area contributed by atoms with Gasteiger partial charge in [0.15, 0.2) is 5.65 Å². The van der Waals surface area contributed by atoms with Crippen LogP contribution in [-0.4, -0.2) is 24.3 Å². The number of pyridine rings is 1. The fourth-order valence-electron chi connectivity index (χ4n) is 2.86. The molecule has 1 aromatic carbocycles. The summed E-state index contributed by atoms with van der Waals surface area (Å²) < 4.78 is 4.07. The van der Waals surface area contributed by atoms with Crippen molar-refractivity contribution in [3.63, 3.8) is 0 Å². The lowest BCUT2D eigenvalue weighted by atomic mass is 10.1. The second-order valence-corrected chi connectivity index (χ2v) is 6.52. The summed E-state index contributed by atoms with van der Waals surface area (Å²) in [4.78, 5) is 20.9. The van der Waals surface area contributed by atoms with Gasteiger partial charge in [-0.1, -0.05) is 18.2 Å². The first-order valence-electron chi connectivity index (χ1n) is 7.26. The van der Waals surface area contributed by atoms with Crippen LogP contribution in [0.25, 0.3) is 21.9 Å². The van der Waals surface area contributed by atoms with Gasteiger partial charge in [-0.25, -0.2) is 14.6 Å². The number of halogens is 1. The molecule has 24 heavy (non-hydrogen) atoms. The molecule has 0 spiro atoms. The molecular formula is C16H13IN6O. The van der Waals surface area contributed by atoms with Crippen LogP contribution in [0.2, 0.25) is 0 Å². The maximum atomic E-state index is 12.7. The summed E-state index contributed by atoms with van der Waals surface area (Å²) in [5, 5.41) is 6.20. The van der Waals surface area contributed by atoms with Crippen LogP contribution < -0.4 is 11.3 Å². The lowest BCUT2D eigenvalue weighted by molar-refractivity contribution is 0.685. The van der Waals surface area contributed by atoms with Gasteiger partial charge in [0.25, 0.3) is 5.56 Å². The van der Waals surface area contributed by atoms with Gasteiger partial charge in [-0.05, 0) is 40.1 Å². The van der Waals surface area contributed by atoms with Crippen molar-refractivity contribution in [2.75, 3.05) is 5.73 Å². The van der Waals surface area contributed by atoms with Gasteiger partial charge >= 0.3 is 0 Å². The Labute approximate surface area is 150 Å². The quantitative estimate of drug-likeness (QED) is 0.489. The van der Waals surface area contributed by atoms with E-state index in [0.29, 0.717) is 23.6 Å². The number of aryl methyl sites for hydroxylation is 1. The van der Waals surface area contributed by atoms with E-state index in [1.807, 2.05) is 30.3 Å². The SMILES string of the molecule is Cn1c(=O)c(Cn2nc(I)c3c(N)ncnc32)cc2ccccc21. The van der Waals surface area contributed by atoms with Gasteiger partial charge in [-0.15, -0.1) is 0 Å². The number of hydrogen-bond acceptors (Lipinski definition) is 5. The Morgan fingerprint density at radius 3 is 2.88 bits per heavy atom. The van der Waals surface area contributed by atoms with Crippen molar-refractivity contribution in [2.45, 2.75) is 6.54 Å². The first kappa shape index (κ1) is 15.1. The van der Waals surface area contributed by atoms with Crippen LogP contribution in [-0.2, 0) is 13.6 Å². The van der Waals surface area contributed by atoms with Crippen molar-refractivity contribution in [1.82, 2.24) is 24.3 Å². The van der Waals surface area contributed by atoms with E-state index >= 15 is 0 Å². The Morgan fingerprint density at radius 2 is 2.04 bits per heavy atom. The number of hydrogen-bond donors (Lipinski definition) is 1. The highest BCUT2D eigenvalue weighted by molar-refractivity contribution is 14.1. The molecule has 0 saturated heterocycles. The van der Waals surface area contributed by atoms with Crippen LogP contribution >= 0.6 is 22.6 Å². The van der Waals surface area contributed by atoms with Gasteiger partial charge in [0.05, 0.1) is 17.4 Å². The zero-order chi connectivity index (χ0) is 16.8. The van der Waals surface area contributed by atoms with Gasteiger partial charge in [0.1, 0.15) is 15.8 Å². The predicted molar refractivity (Wildman–Crippen MR) is 101 cm³/mol. The monoisotopic (exact) mass is 432 g/mol. The second kappa shape index (κ2) is 5.55. The van der Waals surface area contributed by atoms with Gasteiger partial charge in [0, 0.05) is 12.6 Å². The number of benzene rings is 1. The molecule has 0 aliphatic carbocycles. The fraction of sp³-hybridized carbons (Fsp3) is 0.125. The van der Waals surface area contributed by atoms with Crippen molar-refractivity contribution in [1.29, 1.82) is 0 Å². The molecule has 3 heterocycles. The van der Waals surface area contributed by atoms with Crippen molar-refractivity contribution >= 4 is 50.3 Å². The standard InChI is InChI=1S/C16H13IN6O/c1-22-11-5-3-2-4-9(11)6-10(16(22)24)7-23-15-12(13(17)21-23)14(18)19-8-20-15/h2-6,8H,7H2,1H3,(H2,18,19,20). The summed E-state index contributed by atoms with van der Waals surface area (Å²) in [7, 11) is 1.78. The number of nitrogens with zero attached hydrogens (tertiary/aromatic N) is 5. The number of para-hydroxylation sites is 1. The van der Waals surface area contributed by atoms with Gasteiger partial charge in [-0.3, -0.25) is 4.79 Å². The normalized spacial score (nSPS) is 11.4. The van der Waals surface area contributed by atoms with Gasteiger partial charge < -0.3 is 10.3 Å². The summed E-state index contributed by atoms with van der Waals surface area (Å²) in [5.74, 6) is 0.391. The van der Waals surface area contributed by atoms with Crippen LogP contribution in [0.15, 0.2) is 41.5 Å². The van der Waals surface area contributed by atoms with Crippen molar-refractivity contribution in [3.8, 4) is 0 Å². The summed E-state index contributed by atoms with van der Waals surface area (Å²) in [6.07, 6.45) is 1.41. The lowest BCUT2D eigenvalue weighted by Crippen LogP contribution is -2.23. The lowest BCUT2D eigenvalue weighted by Gasteiger charge is -2.09. The highest BCUT2D eigenvalue weighted by Crippen LogP contribution is 2.23. The Bertz CT molecular complexity index is 1150. The molecule has 0 fully saturated rings. The first-order chi connectivity index (χ1) is 11.6. The minimum absolute atomic E-state index is 0.0469. The number of nitrogen functional groups attached to an aromatic ring is 1. The molecule has 0 aliphatic rings. The molecule has 0 unspecified atom stereocenters. The number of anilines is 1. The zero-order valence-electron chi connectivity index (χ0n) is 12.8. The molecule has 0 bridgehead atoms. The summed E-state index contributed by atoms with van der Waals surface area (Å²) in [5.41, 5.74) is 8.05. The molecule has 120 valence electrons. The Balaban J connectivity index is 1.91. The summed E-state index contributed by atoms with van der Waals surface area (Å²) in [6.45, 7) is 0.327. The topological polar surface area (TPSA) is 91.6 Å². The largest absolute Gasteiger partial charge is 0.383 e. The van der Waals surface area contributed by atoms with E-state index in [9.17, 15) is 4.79 Å². The molecule has 4 rings (SSSR count). The number of aromatic nitrogens is 5. The molecule has 0 radical (unpaired) electrons. The maximum Gasteiger partial charge on any atom is 0.255 e. The molecule has 0 aliphatic heterocycles. The summed E-state index contributed by atoms with van der Waals surface area (Å²) >= 11 is 2.10. The van der Waals surface area contributed by atoms with E-state index in [1.165, 1.54) is 6.33 Å². The second-order valence-electron chi connectivity index (χ2n) is 5.50. The molecular weight excluding hydrogens is 419 g/mol. The van der Waals surface area contributed by atoms with E-state index in [0.717, 1.165) is 20.0 Å². The highest BCUT2D eigenvalue weighted by atomic mass is 127. The van der Waals surface area contributed by atoms with Gasteiger partial charge in [0.2, 0.25) is 0 Å². The van der Waals surface area contributed by atoms with Gasteiger partial charge in [-0.2, -0.15) is 5.10 Å². The average Bonchev–Trinajstić information content (AvgIpc) is 2.90. The number of fused-ring (bicyclic) bond motifs is 2. The number of rotatable bonds is 2. The Morgan fingerprint density at radius 1 is 1.25 bits per heavy atom. The minimum Gasteiger partial charge on any atom is -0.383 e. The van der Waals surface area contributed by atoms with Crippen molar-refractivity contribution < 1.29 is 0 Å². The van der Waals surface area contributed by atoms with Crippen LogP contribution in [0.5, 0.6) is 0 Å². The molecule has 0 atom stereocenters. The molecule has 0 saturated carbocycles. The van der Waals surface area contributed by atoms with Crippen molar-refractivity contribution in [2.24, 2.45) is 7.05 Å². The molecule has 8 heteroatoms. The zero-order valence-corrected chi connectivity index (χ0v) is 14.9. The third kappa shape index (κ3) is 2.25. The van der Waals surface area contributed by atoms with Crippen LogP contribution in [0.3, 0.4) is 0 Å². The van der Waals surface area contributed by atoms with E-state index < -0.39 is 0 Å². The third-order valence-corrected chi connectivity index (χ3v) is 4.80. The van der Waals surface area contributed by atoms with E-state index in [2.05, 4.69) is 37.7 Å². The molecule has 0 amide bonds. The fourth-order valence-corrected chi connectivity index (χ4v) is 3.64. The maximum absolute atomic E-state index is 12.7. The predicted octanol–water partition coefficient (Wildman–Crippen LogP) is 1.91. The molecule has 4 aromatic rings. The molecule has 3 aromatic heterocycles. The third-order valence-electron chi connectivity index (χ3n) is 4.04. The van der Waals surface area contributed by atoms with Crippen LogP contribution in [0.1, 0.15) is 5.56 Å². The Kier molecular flexibility index (Phi) is 3.48. The average molecular weight is 432 g/mol. The minimum atomic E-state index is -0.0469. The smallest absolute Gasteiger partial charge is 0.255 e. The number of nitrogens with two attached hydrogens (primary N) is 1. The van der Waals surface area contributed by atoms with Crippen LogP contribution in [0.4, 0.5) is 5.82 Å².